The van der Waals surface area contributed by atoms with Gasteiger partial charge in [0, 0.05) is 51.1 Å². The fraction of sp³-hybridized carbons (Fsp3) is 0.471. The Bertz CT molecular complexity index is 667. The fourth-order valence-corrected chi connectivity index (χ4v) is 3.49. The molecular formula is C17H22N4OS. The summed E-state index contributed by atoms with van der Waals surface area (Å²) in [6, 6.07) is 8.50. The number of amides is 1. The van der Waals surface area contributed by atoms with Gasteiger partial charge in [0.1, 0.15) is 5.82 Å². The van der Waals surface area contributed by atoms with Crippen LogP contribution in [0.4, 0.5) is 5.13 Å². The zero-order valence-corrected chi connectivity index (χ0v) is 14.5. The largest absolute Gasteiger partial charge is 0.345 e. The highest BCUT2D eigenvalue weighted by atomic mass is 32.1. The van der Waals surface area contributed by atoms with Crippen LogP contribution in [0.2, 0.25) is 0 Å². The van der Waals surface area contributed by atoms with E-state index in [0.29, 0.717) is 0 Å². The first kappa shape index (κ1) is 15.9. The lowest BCUT2D eigenvalue weighted by molar-refractivity contribution is -0.128. The maximum absolute atomic E-state index is 11.5. The van der Waals surface area contributed by atoms with Crippen LogP contribution in [-0.2, 0) is 11.2 Å². The van der Waals surface area contributed by atoms with Crippen LogP contribution in [0.1, 0.15) is 30.3 Å². The zero-order chi connectivity index (χ0) is 16.2. The van der Waals surface area contributed by atoms with Gasteiger partial charge in [-0.05, 0) is 18.9 Å². The second-order valence-corrected chi connectivity index (χ2v) is 6.73. The Morgan fingerprint density at radius 3 is 2.70 bits per heavy atom. The molecule has 1 amide bonds. The minimum atomic E-state index is 0.157. The maximum Gasteiger partial charge on any atom is 0.219 e. The van der Waals surface area contributed by atoms with Crippen LogP contribution in [-0.4, -0.2) is 46.3 Å². The van der Waals surface area contributed by atoms with E-state index < -0.39 is 0 Å². The van der Waals surface area contributed by atoms with E-state index in [0.717, 1.165) is 50.0 Å². The summed E-state index contributed by atoms with van der Waals surface area (Å²) in [7, 11) is 0. The Balaban J connectivity index is 1.64. The number of nitrogens with zero attached hydrogens (tertiary/aromatic N) is 4. The molecule has 0 N–H and O–H groups in total. The third-order valence-electron chi connectivity index (χ3n) is 4.15. The summed E-state index contributed by atoms with van der Waals surface area (Å²) in [6.07, 6.45) is 1.75. The molecule has 0 aliphatic carbocycles. The zero-order valence-electron chi connectivity index (χ0n) is 13.7. The van der Waals surface area contributed by atoms with Gasteiger partial charge in [0.2, 0.25) is 11.0 Å². The standard InChI is InChI=1S/C17H22N4OS/c1-13-4-6-15(7-5-13)12-16-18-17(23-19-16)21-9-3-8-20(10-11-21)14(2)22/h4-7H,3,8-12H2,1-2H3. The van der Waals surface area contributed by atoms with Crippen LogP contribution in [0.25, 0.3) is 0 Å². The number of benzene rings is 1. The van der Waals surface area contributed by atoms with Gasteiger partial charge in [-0.3, -0.25) is 4.79 Å². The number of aryl methyl sites for hydroxylation is 1. The van der Waals surface area contributed by atoms with Gasteiger partial charge in [-0.1, -0.05) is 29.8 Å². The monoisotopic (exact) mass is 330 g/mol. The van der Waals surface area contributed by atoms with Crippen LogP contribution in [0.15, 0.2) is 24.3 Å². The molecule has 0 spiro atoms. The van der Waals surface area contributed by atoms with Crippen molar-refractivity contribution < 1.29 is 4.79 Å². The fourth-order valence-electron chi connectivity index (χ4n) is 2.76. The molecule has 1 fully saturated rings. The predicted octanol–water partition coefficient (Wildman–Crippen LogP) is 2.50. The minimum Gasteiger partial charge on any atom is -0.345 e. The molecule has 1 aromatic heterocycles. The topological polar surface area (TPSA) is 49.3 Å². The Hall–Kier alpha value is -1.95. The molecule has 2 heterocycles. The van der Waals surface area contributed by atoms with Crippen molar-refractivity contribution in [3.05, 3.63) is 41.2 Å². The van der Waals surface area contributed by atoms with Gasteiger partial charge in [-0.15, -0.1) is 0 Å². The first-order valence-corrected chi connectivity index (χ1v) is 8.78. The van der Waals surface area contributed by atoms with E-state index in [1.54, 1.807) is 6.92 Å². The highest BCUT2D eigenvalue weighted by molar-refractivity contribution is 7.09. The van der Waals surface area contributed by atoms with E-state index in [4.69, 9.17) is 4.98 Å². The van der Waals surface area contributed by atoms with Crippen molar-refractivity contribution in [2.24, 2.45) is 0 Å². The van der Waals surface area contributed by atoms with Crippen molar-refractivity contribution in [2.75, 3.05) is 31.1 Å². The molecule has 0 atom stereocenters. The number of carbonyl (C=O) groups excluding carboxylic acids is 1. The first-order chi connectivity index (χ1) is 11.1. The molecule has 0 unspecified atom stereocenters. The van der Waals surface area contributed by atoms with Crippen molar-refractivity contribution in [3.8, 4) is 0 Å². The van der Waals surface area contributed by atoms with Crippen molar-refractivity contribution in [1.82, 2.24) is 14.3 Å². The molecule has 23 heavy (non-hydrogen) atoms. The predicted molar refractivity (Wildman–Crippen MR) is 93.0 cm³/mol. The van der Waals surface area contributed by atoms with E-state index in [-0.39, 0.29) is 5.91 Å². The molecule has 1 aromatic carbocycles. The van der Waals surface area contributed by atoms with E-state index >= 15 is 0 Å². The Kier molecular flexibility index (Phi) is 4.91. The number of carbonyl (C=O) groups is 1. The smallest absolute Gasteiger partial charge is 0.219 e. The van der Waals surface area contributed by atoms with Gasteiger partial charge >= 0.3 is 0 Å². The van der Waals surface area contributed by atoms with Gasteiger partial charge < -0.3 is 9.80 Å². The molecule has 1 aliphatic heterocycles. The second-order valence-electron chi connectivity index (χ2n) is 6.00. The average Bonchev–Trinajstić information content (AvgIpc) is 2.84. The summed E-state index contributed by atoms with van der Waals surface area (Å²) >= 11 is 1.46. The maximum atomic E-state index is 11.5. The number of aromatic nitrogens is 2. The quantitative estimate of drug-likeness (QED) is 0.867. The van der Waals surface area contributed by atoms with Crippen molar-refractivity contribution >= 4 is 22.6 Å². The molecule has 6 heteroatoms. The molecule has 1 saturated heterocycles. The average molecular weight is 330 g/mol. The molecular weight excluding hydrogens is 308 g/mol. The van der Waals surface area contributed by atoms with Gasteiger partial charge in [0.05, 0.1) is 0 Å². The van der Waals surface area contributed by atoms with Gasteiger partial charge in [-0.2, -0.15) is 4.37 Å². The van der Waals surface area contributed by atoms with Crippen LogP contribution in [0, 0.1) is 6.92 Å². The third kappa shape index (κ3) is 4.07. The lowest BCUT2D eigenvalue weighted by atomic mass is 10.1. The molecule has 0 saturated carbocycles. The van der Waals surface area contributed by atoms with Gasteiger partial charge in [-0.25, -0.2) is 4.98 Å². The second kappa shape index (κ2) is 7.08. The van der Waals surface area contributed by atoms with E-state index in [2.05, 4.69) is 40.5 Å². The lowest BCUT2D eigenvalue weighted by Gasteiger charge is -2.20. The minimum absolute atomic E-state index is 0.157. The van der Waals surface area contributed by atoms with E-state index in [1.807, 2.05) is 4.90 Å². The van der Waals surface area contributed by atoms with Crippen LogP contribution in [0.3, 0.4) is 0 Å². The Morgan fingerprint density at radius 2 is 1.96 bits per heavy atom. The molecule has 0 radical (unpaired) electrons. The van der Waals surface area contributed by atoms with Crippen LogP contribution in [0.5, 0.6) is 0 Å². The number of rotatable bonds is 3. The summed E-state index contributed by atoms with van der Waals surface area (Å²) in [5.74, 6) is 1.03. The molecule has 2 aromatic rings. The molecule has 122 valence electrons. The summed E-state index contributed by atoms with van der Waals surface area (Å²) in [5.41, 5.74) is 2.50. The van der Waals surface area contributed by atoms with Crippen LogP contribution < -0.4 is 4.90 Å². The van der Waals surface area contributed by atoms with Crippen LogP contribution >= 0.6 is 11.5 Å². The summed E-state index contributed by atoms with van der Waals surface area (Å²) in [5, 5.41) is 0.970. The first-order valence-electron chi connectivity index (χ1n) is 8.00. The third-order valence-corrected chi connectivity index (χ3v) is 4.97. The molecule has 1 aliphatic rings. The van der Waals surface area contributed by atoms with Crippen molar-refractivity contribution in [2.45, 2.75) is 26.7 Å². The summed E-state index contributed by atoms with van der Waals surface area (Å²) in [4.78, 5) is 20.4. The number of hydrogen-bond acceptors (Lipinski definition) is 5. The SMILES string of the molecule is CC(=O)N1CCCN(c2nc(Cc3ccc(C)cc3)ns2)CC1. The number of anilines is 1. The summed E-state index contributed by atoms with van der Waals surface area (Å²) in [6.45, 7) is 7.09. The molecule has 3 rings (SSSR count). The van der Waals surface area contributed by atoms with Crippen molar-refractivity contribution in [1.29, 1.82) is 0 Å². The number of hydrogen-bond donors (Lipinski definition) is 0. The summed E-state index contributed by atoms with van der Waals surface area (Å²) < 4.78 is 4.50. The van der Waals surface area contributed by atoms with E-state index in [9.17, 15) is 4.79 Å². The molecule has 0 bridgehead atoms. The van der Waals surface area contributed by atoms with Gasteiger partial charge in [0.25, 0.3) is 0 Å². The van der Waals surface area contributed by atoms with Crippen molar-refractivity contribution in [3.63, 3.8) is 0 Å². The highest BCUT2D eigenvalue weighted by Gasteiger charge is 2.19. The van der Waals surface area contributed by atoms with E-state index in [1.165, 1.54) is 22.7 Å². The normalized spacial score (nSPS) is 15.6. The lowest BCUT2D eigenvalue weighted by Crippen LogP contribution is -2.33. The van der Waals surface area contributed by atoms with Gasteiger partial charge in [0.15, 0.2) is 0 Å². The molecule has 5 nitrogen and oxygen atoms in total. The Labute approximate surface area is 141 Å². The Morgan fingerprint density at radius 1 is 1.17 bits per heavy atom. The highest BCUT2D eigenvalue weighted by Crippen LogP contribution is 2.20.